The fraction of sp³-hybridized carbons (Fsp3) is 0.441. The molecule has 2 atom stereocenters. The summed E-state index contributed by atoms with van der Waals surface area (Å²) in [6.07, 6.45) is 11.5. The van der Waals surface area contributed by atoms with E-state index in [9.17, 15) is 4.79 Å². The largest absolute Gasteiger partial charge is 0.379 e. The Morgan fingerprint density at radius 3 is 2.06 bits per heavy atom. The van der Waals surface area contributed by atoms with Gasteiger partial charge in [-0.3, -0.25) is 4.79 Å². The van der Waals surface area contributed by atoms with Crippen LogP contribution in [0.5, 0.6) is 0 Å². The second-order valence-corrected chi connectivity index (χ2v) is 14.5. The van der Waals surface area contributed by atoms with Crippen molar-refractivity contribution in [3.05, 3.63) is 67.9 Å². The fourth-order valence-corrected chi connectivity index (χ4v) is 7.04. The number of hydrogen-bond donors (Lipinski definition) is 2. The van der Waals surface area contributed by atoms with Gasteiger partial charge in [0.05, 0.1) is 41.7 Å². The van der Waals surface area contributed by atoms with E-state index in [1.54, 1.807) is 33.6 Å². The van der Waals surface area contributed by atoms with Gasteiger partial charge in [-0.1, -0.05) is 35.3 Å². The maximum absolute atomic E-state index is 12.5. The van der Waals surface area contributed by atoms with Crippen molar-refractivity contribution in [1.82, 2.24) is 29.2 Å². The molecule has 2 N–H and O–H groups in total. The summed E-state index contributed by atoms with van der Waals surface area (Å²) in [5.74, 6) is 0.823. The molecule has 11 nitrogen and oxygen atoms in total. The van der Waals surface area contributed by atoms with Gasteiger partial charge in [-0.05, 0) is 85.6 Å². The molecule has 0 bridgehead atoms. The number of hydrogen-bond acceptors (Lipinski definition) is 9. The average molecular weight is 804 g/mol. The zero-order valence-corrected chi connectivity index (χ0v) is 30.3. The van der Waals surface area contributed by atoms with Gasteiger partial charge in [0.2, 0.25) is 0 Å². The number of fused-ring (bicyclic) bond motifs is 2. The molecule has 14 heteroatoms. The van der Waals surface area contributed by atoms with Gasteiger partial charge in [0.1, 0.15) is 3.70 Å². The van der Waals surface area contributed by atoms with Gasteiger partial charge < -0.3 is 20.1 Å². The molecule has 5 aromatic rings. The minimum Gasteiger partial charge on any atom is -0.379 e. The van der Waals surface area contributed by atoms with Crippen LogP contribution in [0.1, 0.15) is 60.9 Å². The van der Waals surface area contributed by atoms with Crippen LogP contribution >= 0.6 is 45.8 Å². The topological polar surface area (TPSA) is 120 Å². The van der Waals surface area contributed by atoms with E-state index in [0.29, 0.717) is 22.6 Å². The van der Waals surface area contributed by atoms with Crippen LogP contribution in [0.4, 0.5) is 11.4 Å². The summed E-state index contributed by atoms with van der Waals surface area (Å²) in [7, 11) is 0. The SMILES string of the molecule is Cc1cc(-c2cnc3c(NC[C@H]4CCCO4)cc(Cl)nn23)ccc1C(=O)CC1CC1.Clc1cc(NC[C@H]2CCCO2)c2ncc(I)n2n1. The zero-order valence-electron chi connectivity index (χ0n) is 26.6. The highest BCUT2D eigenvalue weighted by Crippen LogP contribution is 2.34. The number of benzene rings is 1. The predicted octanol–water partition coefficient (Wildman–Crippen LogP) is 7.51. The third kappa shape index (κ3) is 7.72. The quantitative estimate of drug-likeness (QED) is 0.109. The lowest BCUT2D eigenvalue weighted by molar-refractivity contribution is 0.0975. The van der Waals surface area contributed by atoms with Crippen LogP contribution in [-0.2, 0) is 9.47 Å². The molecule has 1 saturated carbocycles. The highest BCUT2D eigenvalue weighted by molar-refractivity contribution is 14.1. The lowest BCUT2D eigenvalue weighted by Gasteiger charge is -2.13. The van der Waals surface area contributed by atoms with E-state index >= 15 is 0 Å². The van der Waals surface area contributed by atoms with Crippen molar-refractivity contribution in [2.24, 2.45) is 5.92 Å². The van der Waals surface area contributed by atoms with Crippen molar-refractivity contribution in [3.63, 3.8) is 0 Å². The zero-order chi connectivity index (χ0) is 33.2. The summed E-state index contributed by atoms with van der Waals surface area (Å²) < 4.78 is 15.7. The highest BCUT2D eigenvalue weighted by atomic mass is 127. The first-order valence-electron chi connectivity index (χ1n) is 16.4. The van der Waals surface area contributed by atoms with E-state index in [1.165, 1.54) is 12.8 Å². The molecule has 0 spiro atoms. The summed E-state index contributed by atoms with van der Waals surface area (Å²) >= 11 is 14.5. The summed E-state index contributed by atoms with van der Waals surface area (Å²) in [6, 6.07) is 9.53. The van der Waals surface area contributed by atoms with Gasteiger partial charge in [-0.2, -0.15) is 10.2 Å². The highest BCUT2D eigenvalue weighted by Gasteiger charge is 2.26. The molecule has 252 valence electrons. The number of aryl methyl sites for hydroxylation is 1. The van der Waals surface area contributed by atoms with E-state index in [0.717, 1.165) is 101 Å². The van der Waals surface area contributed by atoms with E-state index in [1.807, 2.05) is 25.1 Å². The minimum atomic E-state index is 0.217. The van der Waals surface area contributed by atoms with E-state index in [-0.39, 0.29) is 18.0 Å². The molecular formula is C34H37Cl2IN8O3. The van der Waals surface area contributed by atoms with Gasteiger partial charge in [0.15, 0.2) is 27.4 Å². The normalized spacial score (nSPS) is 19.1. The minimum absolute atomic E-state index is 0.217. The average Bonchev–Trinajstić information content (AvgIpc) is 3.53. The van der Waals surface area contributed by atoms with Crippen LogP contribution in [0.3, 0.4) is 0 Å². The van der Waals surface area contributed by atoms with Gasteiger partial charge in [0, 0.05) is 56.0 Å². The second-order valence-electron chi connectivity index (χ2n) is 12.6. The standard InChI is InChI=1S/C23H25ClN4O2.C11H12ClIN4O/c1-14-9-16(6-7-18(14)21(29)10-15-4-5-15)20-13-26-23-19(11-22(24)27-28(20)23)25-12-17-3-2-8-30-17;12-9-4-8(14-5-7-2-1-3-18-7)11-15-6-10(13)17(11)16-9/h6-7,9,11,13,15,17,25H,2-5,8,10,12H2,1H3;4,6-7,14H,1-3,5H2/t17-;7-/m11/s1. The van der Waals surface area contributed by atoms with E-state index < -0.39 is 0 Å². The van der Waals surface area contributed by atoms with Crippen LogP contribution in [-0.4, -0.2) is 73.5 Å². The van der Waals surface area contributed by atoms with Crippen molar-refractivity contribution < 1.29 is 14.3 Å². The molecule has 8 rings (SSSR count). The molecule has 6 heterocycles. The number of ketones is 1. The Balaban J connectivity index is 0.000000172. The number of carbonyl (C=O) groups is 1. The first-order valence-corrected chi connectivity index (χ1v) is 18.2. The molecular weight excluding hydrogens is 766 g/mol. The van der Waals surface area contributed by atoms with Gasteiger partial charge >= 0.3 is 0 Å². The molecule has 4 aromatic heterocycles. The monoisotopic (exact) mass is 802 g/mol. The Kier molecular flexibility index (Phi) is 10.3. The molecule has 2 aliphatic heterocycles. The first kappa shape index (κ1) is 33.5. The van der Waals surface area contributed by atoms with Crippen LogP contribution in [0, 0.1) is 16.5 Å². The smallest absolute Gasteiger partial charge is 0.178 e. The number of imidazole rings is 2. The molecule has 1 aromatic carbocycles. The Hall–Kier alpha value is -3.04. The van der Waals surface area contributed by atoms with Crippen molar-refractivity contribution in [1.29, 1.82) is 0 Å². The molecule has 0 unspecified atom stereocenters. The Morgan fingerprint density at radius 2 is 1.48 bits per heavy atom. The third-order valence-electron chi connectivity index (χ3n) is 8.92. The maximum atomic E-state index is 12.5. The molecule has 3 aliphatic rings. The Labute approximate surface area is 302 Å². The lowest BCUT2D eigenvalue weighted by Crippen LogP contribution is -2.19. The Morgan fingerprint density at radius 1 is 0.875 bits per heavy atom. The number of aromatic nitrogens is 6. The summed E-state index contributed by atoms with van der Waals surface area (Å²) in [6.45, 7) is 5.17. The lowest BCUT2D eigenvalue weighted by atomic mass is 9.98. The number of carbonyl (C=O) groups excluding carboxylic acids is 1. The second kappa shape index (κ2) is 14.8. The predicted molar refractivity (Wildman–Crippen MR) is 195 cm³/mol. The van der Waals surface area contributed by atoms with Gasteiger partial charge in [0.25, 0.3) is 0 Å². The molecule has 3 fully saturated rings. The number of anilines is 2. The number of Topliss-reactive ketones (excluding diaryl/α,β-unsaturated/α-hetero) is 1. The summed E-state index contributed by atoms with van der Waals surface area (Å²) in [5.41, 5.74) is 6.84. The molecule has 1 aliphatic carbocycles. The van der Waals surface area contributed by atoms with E-state index in [2.05, 4.69) is 53.4 Å². The van der Waals surface area contributed by atoms with Crippen molar-refractivity contribution in [2.45, 2.75) is 64.1 Å². The fourth-order valence-electron chi connectivity index (χ4n) is 6.20. The number of rotatable bonds is 10. The molecule has 0 radical (unpaired) electrons. The Bertz CT molecular complexity index is 1930. The van der Waals surface area contributed by atoms with Gasteiger partial charge in [-0.25, -0.2) is 19.0 Å². The van der Waals surface area contributed by atoms with Gasteiger partial charge in [-0.15, -0.1) is 0 Å². The first-order chi connectivity index (χ1) is 23.3. The summed E-state index contributed by atoms with van der Waals surface area (Å²) in [4.78, 5) is 21.5. The van der Waals surface area contributed by atoms with Crippen LogP contribution in [0.15, 0.2) is 42.7 Å². The molecule has 2 saturated heterocycles. The van der Waals surface area contributed by atoms with Crippen LogP contribution < -0.4 is 10.6 Å². The van der Waals surface area contributed by atoms with Crippen LogP contribution in [0.25, 0.3) is 22.6 Å². The summed E-state index contributed by atoms with van der Waals surface area (Å²) in [5, 5.41) is 16.3. The van der Waals surface area contributed by atoms with Crippen molar-refractivity contribution in [3.8, 4) is 11.3 Å². The maximum Gasteiger partial charge on any atom is 0.178 e. The number of ether oxygens (including phenoxy) is 2. The van der Waals surface area contributed by atoms with Crippen LogP contribution in [0.2, 0.25) is 10.3 Å². The number of halogens is 3. The molecule has 0 amide bonds. The third-order valence-corrected chi connectivity index (χ3v) is 10.0. The van der Waals surface area contributed by atoms with Crippen molar-refractivity contribution >= 4 is 74.2 Å². The number of nitrogens with zero attached hydrogens (tertiary/aromatic N) is 6. The number of nitrogens with one attached hydrogen (secondary N) is 2. The van der Waals surface area contributed by atoms with E-state index in [4.69, 9.17) is 32.7 Å². The molecule has 48 heavy (non-hydrogen) atoms. The van der Waals surface area contributed by atoms with Crippen molar-refractivity contribution in [2.75, 3.05) is 36.9 Å².